The van der Waals surface area contributed by atoms with E-state index in [1.807, 2.05) is 6.92 Å². The number of amides is 3. The number of nitrogens with one attached hydrogen (secondary N) is 2. The number of aromatic nitrogens is 2. The van der Waals surface area contributed by atoms with Gasteiger partial charge in [-0.15, -0.1) is 0 Å². The SMILES string of the molecule is C[C@@H]1CC(=O)Nc2c1c(NC(=O)[C@H]1CC(=O)N(c3ccc(F)cc3)C1)nn2C. The molecule has 0 radical (unpaired) electrons. The largest absolute Gasteiger partial charge is 0.312 e. The molecule has 2 aliphatic heterocycles. The van der Waals surface area contributed by atoms with Crippen LogP contribution in [0.3, 0.4) is 0 Å². The molecular formula is C19H20FN5O3. The van der Waals surface area contributed by atoms with Crippen molar-refractivity contribution in [1.82, 2.24) is 9.78 Å². The molecule has 28 heavy (non-hydrogen) atoms. The lowest BCUT2D eigenvalue weighted by Gasteiger charge is -2.20. The third-order valence-corrected chi connectivity index (χ3v) is 5.20. The van der Waals surface area contributed by atoms with Crippen molar-refractivity contribution in [2.75, 3.05) is 22.1 Å². The Hall–Kier alpha value is -3.23. The molecule has 1 saturated heterocycles. The number of anilines is 3. The number of aryl methyl sites for hydroxylation is 1. The Balaban J connectivity index is 1.51. The summed E-state index contributed by atoms with van der Waals surface area (Å²) < 4.78 is 14.6. The lowest BCUT2D eigenvalue weighted by molar-refractivity contribution is -0.122. The van der Waals surface area contributed by atoms with Gasteiger partial charge in [-0.3, -0.25) is 19.1 Å². The Morgan fingerprint density at radius 1 is 1.25 bits per heavy atom. The first-order valence-corrected chi connectivity index (χ1v) is 9.07. The lowest BCUT2D eigenvalue weighted by atomic mass is 9.95. The highest BCUT2D eigenvalue weighted by Crippen LogP contribution is 2.37. The predicted molar refractivity (Wildman–Crippen MR) is 100 cm³/mol. The molecular weight excluding hydrogens is 365 g/mol. The number of hydrogen-bond acceptors (Lipinski definition) is 4. The maximum Gasteiger partial charge on any atom is 0.231 e. The van der Waals surface area contributed by atoms with E-state index in [9.17, 15) is 18.8 Å². The van der Waals surface area contributed by atoms with Crippen molar-refractivity contribution in [3.63, 3.8) is 0 Å². The van der Waals surface area contributed by atoms with Gasteiger partial charge in [0.1, 0.15) is 11.6 Å². The smallest absolute Gasteiger partial charge is 0.231 e. The van der Waals surface area contributed by atoms with E-state index < -0.39 is 5.92 Å². The standard InChI is InChI=1S/C19H20FN5O3/c1-10-7-14(26)21-18-16(10)17(23-24(18)2)22-19(28)11-8-15(27)25(9-11)13-5-3-12(20)4-6-13/h3-6,10-11H,7-9H2,1-2H3,(H,21,26)(H,22,23,28)/t10-,11+/m1/s1. The first kappa shape index (κ1) is 18.1. The van der Waals surface area contributed by atoms with Crippen LogP contribution >= 0.6 is 0 Å². The van der Waals surface area contributed by atoms with Crippen molar-refractivity contribution in [2.24, 2.45) is 13.0 Å². The van der Waals surface area contributed by atoms with Gasteiger partial charge in [0.2, 0.25) is 17.7 Å². The van der Waals surface area contributed by atoms with E-state index in [0.717, 1.165) is 5.56 Å². The summed E-state index contributed by atoms with van der Waals surface area (Å²) in [6.45, 7) is 2.13. The second-order valence-corrected chi connectivity index (χ2v) is 7.26. The molecule has 2 N–H and O–H groups in total. The molecule has 146 valence electrons. The summed E-state index contributed by atoms with van der Waals surface area (Å²) in [7, 11) is 1.70. The highest BCUT2D eigenvalue weighted by molar-refractivity contribution is 6.04. The molecule has 2 aliphatic rings. The molecule has 0 saturated carbocycles. The van der Waals surface area contributed by atoms with Crippen LogP contribution in [0.15, 0.2) is 24.3 Å². The average Bonchev–Trinajstić information content (AvgIpc) is 3.16. The first-order chi connectivity index (χ1) is 13.3. The molecule has 0 spiro atoms. The zero-order chi connectivity index (χ0) is 20.0. The van der Waals surface area contributed by atoms with E-state index in [0.29, 0.717) is 23.7 Å². The molecule has 1 fully saturated rings. The number of hydrogen-bond donors (Lipinski definition) is 2. The summed E-state index contributed by atoms with van der Waals surface area (Å²) in [5.41, 5.74) is 1.35. The van der Waals surface area contributed by atoms with Crippen molar-refractivity contribution in [2.45, 2.75) is 25.7 Å². The normalized spacial score (nSPS) is 21.5. The minimum Gasteiger partial charge on any atom is -0.312 e. The zero-order valence-electron chi connectivity index (χ0n) is 15.5. The van der Waals surface area contributed by atoms with Gasteiger partial charge in [-0.1, -0.05) is 6.92 Å². The molecule has 2 aromatic rings. The number of carbonyl (C=O) groups excluding carboxylic acids is 3. The van der Waals surface area contributed by atoms with Crippen LogP contribution in [0.1, 0.15) is 31.2 Å². The quantitative estimate of drug-likeness (QED) is 0.845. The second-order valence-electron chi connectivity index (χ2n) is 7.26. The van der Waals surface area contributed by atoms with Crippen LogP contribution in [-0.2, 0) is 21.4 Å². The molecule has 0 unspecified atom stereocenters. The van der Waals surface area contributed by atoms with E-state index in [1.54, 1.807) is 7.05 Å². The number of rotatable bonds is 3. The van der Waals surface area contributed by atoms with Gasteiger partial charge in [-0.05, 0) is 30.2 Å². The third kappa shape index (κ3) is 3.12. The fraction of sp³-hybridized carbons (Fsp3) is 0.368. The number of carbonyl (C=O) groups is 3. The number of nitrogens with zero attached hydrogens (tertiary/aromatic N) is 3. The molecule has 1 aromatic carbocycles. The third-order valence-electron chi connectivity index (χ3n) is 5.20. The van der Waals surface area contributed by atoms with E-state index in [1.165, 1.54) is 33.8 Å². The molecule has 3 heterocycles. The zero-order valence-corrected chi connectivity index (χ0v) is 15.5. The number of halogens is 1. The maximum absolute atomic E-state index is 13.1. The van der Waals surface area contributed by atoms with Crippen molar-refractivity contribution in [3.05, 3.63) is 35.6 Å². The molecule has 1 aromatic heterocycles. The second kappa shape index (κ2) is 6.74. The Morgan fingerprint density at radius 3 is 2.68 bits per heavy atom. The van der Waals surface area contributed by atoms with Crippen molar-refractivity contribution >= 4 is 35.0 Å². The van der Waals surface area contributed by atoms with Crippen LogP contribution in [0.4, 0.5) is 21.7 Å². The van der Waals surface area contributed by atoms with Crippen molar-refractivity contribution in [3.8, 4) is 0 Å². The Labute approximate surface area is 160 Å². The topological polar surface area (TPSA) is 96.3 Å². The molecule has 4 rings (SSSR count). The summed E-state index contributed by atoms with van der Waals surface area (Å²) in [6.07, 6.45) is 0.395. The molecule has 0 aliphatic carbocycles. The van der Waals surface area contributed by atoms with Crippen LogP contribution < -0.4 is 15.5 Å². The van der Waals surface area contributed by atoms with Gasteiger partial charge < -0.3 is 15.5 Å². The highest BCUT2D eigenvalue weighted by atomic mass is 19.1. The Kier molecular flexibility index (Phi) is 4.37. The lowest BCUT2D eigenvalue weighted by Crippen LogP contribution is -2.28. The fourth-order valence-corrected chi connectivity index (χ4v) is 3.78. The van der Waals surface area contributed by atoms with Crippen LogP contribution in [-0.4, -0.2) is 34.0 Å². The molecule has 9 heteroatoms. The summed E-state index contributed by atoms with van der Waals surface area (Å²) in [5, 5.41) is 9.92. The molecule has 0 bridgehead atoms. The fourth-order valence-electron chi connectivity index (χ4n) is 3.78. The van der Waals surface area contributed by atoms with Gasteiger partial charge in [-0.25, -0.2) is 4.39 Å². The van der Waals surface area contributed by atoms with Gasteiger partial charge in [-0.2, -0.15) is 5.10 Å². The van der Waals surface area contributed by atoms with Gasteiger partial charge in [0.25, 0.3) is 0 Å². The molecule has 8 nitrogen and oxygen atoms in total. The van der Waals surface area contributed by atoms with E-state index in [-0.39, 0.29) is 42.4 Å². The molecule has 3 amide bonds. The van der Waals surface area contributed by atoms with Crippen molar-refractivity contribution in [1.29, 1.82) is 0 Å². The van der Waals surface area contributed by atoms with Gasteiger partial charge >= 0.3 is 0 Å². The minimum atomic E-state index is -0.538. The van der Waals surface area contributed by atoms with E-state index in [4.69, 9.17) is 0 Å². The van der Waals surface area contributed by atoms with Crippen LogP contribution in [0.2, 0.25) is 0 Å². The summed E-state index contributed by atoms with van der Waals surface area (Å²) >= 11 is 0. The van der Waals surface area contributed by atoms with Crippen molar-refractivity contribution < 1.29 is 18.8 Å². The summed E-state index contributed by atoms with van der Waals surface area (Å²) in [6, 6.07) is 5.61. The average molecular weight is 385 g/mol. The van der Waals surface area contributed by atoms with Gasteiger partial charge in [0.15, 0.2) is 5.82 Å². The number of fused-ring (bicyclic) bond motifs is 1. The minimum absolute atomic E-state index is 0.0739. The number of benzene rings is 1. The Bertz CT molecular complexity index is 969. The van der Waals surface area contributed by atoms with E-state index in [2.05, 4.69) is 15.7 Å². The Morgan fingerprint density at radius 2 is 1.96 bits per heavy atom. The maximum atomic E-state index is 13.1. The predicted octanol–water partition coefficient (Wildman–Crippen LogP) is 2.00. The van der Waals surface area contributed by atoms with Crippen LogP contribution in [0.25, 0.3) is 0 Å². The summed E-state index contributed by atoms with van der Waals surface area (Å²) in [4.78, 5) is 38.3. The van der Waals surface area contributed by atoms with Crippen LogP contribution in [0, 0.1) is 11.7 Å². The summed E-state index contributed by atoms with van der Waals surface area (Å²) in [5.74, 6) is -0.587. The highest BCUT2D eigenvalue weighted by Gasteiger charge is 2.37. The monoisotopic (exact) mass is 385 g/mol. The van der Waals surface area contributed by atoms with Gasteiger partial charge in [0.05, 0.1) is 5.92 Å². The van der Waals surface area contributed by atoms with Gasteiger partial charge in [0, 0.05) is 37.7 Å². The van der Waals surface area contributed by atoms with E-state index >= 15 is 0 Å². The molecule has 2 atom stereocenters. The first-order valence-electron chi connectivity index (χ1n) is 9.07. The van der Waals surface area contributed by atoms with Crippen LogP contribution in [0.5, 0.6) is 0 Å².